The van der Waals surface area contributed by atoms with Crippen LogP contribution < -0.4 is 5.43 Å². The molecule has 0 heterocycles. The summed E-state index contributed by atoms with van der Waals surface area (Å²) < 4.78 is 0. The molecule has 0 atom stereocenters. The molecule has 3 nitrogen and oxygen atoms in total. The Balaban J connectivity index is 0.00000226. The number of hydrazone groups is 1. The summed E-state index contributed by atoms with van der Waals surface area (Å²) in [6.07, 6.45) is 3.08. The predicted octanol–water partition coefficient (Wildman–Crippen LogP) is 10.4. The molecular formula is C38H45N3. The van der Waals surface area contributed by atoms with Crippen molar-refractivity contribution in [1.82, 2.24) is 5.43 Å². The molecule has 0 saturated carbocycles. The number of allylic oxidation sites excluding steroid dienone is 1. The maximum absolute atomic E-state index is 5.48. The zero-order valence-corrected chi connectivity index (χ0v) is 25.6. The molecule has 0 bridgehead atoms. The second-order valence-corrected chi connectivity index (χ2v) is 10.4. The van der Waals surface area contributed by atoms with Crippen molar-refractivity contribution in [2.45, 2.75) is 66.3 Å². The normalized spacial score (nSPS) is 12.1. The van der Waals surface area contributed by atoms with Gasteiger partial charge >= 0.3 is 0 Å². The van der Waals surface area contributed by atoms with E-state index >= 15 is 0 Å². The monoisotopic (exact) mass is 543 g/mol. The van der Waals surface area contributed by atoms with Crippen LogP contribution in [0.25, 0.3) is 22.4 Å². The van der Waals surface area contributed by atoms with Gasteiger partial charge in [-0.1, -0.05) is 130 Å². The number of benzene rings is 4. The van der Waals surface area contributed by atoms with Crippen molar-refractivity contribution in [3.05, 3.63) is 131 Å². The molecule has 3 heteroatoms. The first-order valence-corrected chi connectivity index (χ1v) is 14.8. The molecular weight excluding hydrogens is 498 g/mol. The fourth-order valence-electron chi connectivity index (χ4n) is 4.84. The van der Waals surface area contributed by atoms with Gasteiger partial charge in [-0.05, 0) is 67.5 Å². The van der Waals surface area contributed by atoms with E-state index in [0.29, 0.717) is 0 Å². The number of unbranched alkanes of at least 4 members (excludes halogenated alkanes) is 1. The lowest BCUT2D eigenvalue weighted by atomic mass is 9.89. The Morgan fingerprint density at radius 3 is 2.02 bits per heavy atom. The Labute approximate surface area is 247 Å². The lowest BCUT2D eigenvalue weighted by molar-refractivity contribution is 0.419. The Morgan fingerprint density at radius 1 is 0.780 bits per heavy atom. The highest BCUT2D eigenvalue weighted by molar-refractivity contribution is 6.09. The van der Waals surface area contributed by atoms with Gasteiger partial charge in [0.1, 0.15) is 0 Å². The van der Waals surface area contributed by atoms with Crippen molar-refractivity contribution in [2.24, 2.45) is 10.1 Å². The van der Waals surface area contributed by atoms with Crippen LogP contribution in [0.4, 0.5) is 0 Å². The van der Waals surface area contributed by atoms with Gasteiger partial charge < -0.3 is 5.43 Å². The molecule has 0 saturated heterocycles. The number of nitrogens with one attached hydrogen (secondary N) is 1. The molecule has 212 valence electrons. The zero-order chi connectivity index (χ0) is 29.7. The third-order valence-electron chi connectivity index (χ3n) is 7.11. The minimum atomic E-state index is -0.332. The summed E-state index contributed by atoms with van der Waals surface area (Å²) in [6, 6.07) is 38.4. The molecule has 0 amide bonds. The highest BCUT2D eigenvalue weighted by atomic mass is 15.3. The largest absolute Gasteiger partial charge is 0.301 e. The maximum Gasteiger partial charge on any atom is 0.0741 e. The van der Waals surface area contributed by atoms with Crippen LogP contribution in [0.15, 0.2) is 119 Å². The van der Waals surface area contributed by atoms with Gasteiger partial charge in [0.2, 0.25) is 0 Å². The summed E-state index contributed by atoms with van der Waals surface area (Å²) in [5, 5.41) is 3.94. The third kappa shape index (κ3) is 8.14. The fourth-order valence-corrected chi connectivity index (χ4v) is 4.84. The van der Waals surface area contributed by atoms with Crippen molar-refractivity contribution < 1.29 is 0 Å². The van der Waals surface area contributed by atoms with E-state index in [1.807, 2.05) is 13.8 Å². The average molecular weight is 544 g/mol. The molecule has 41 heavy (non-hydrogen) atoms. The van der Waals surface area contributed by atoms with Gasteiger partial charge in [-0.25, -0.2) is 0 Å². The molecule has 0 aliphatic carbocycles. The van der Waals surface area contributed by atoms with E-state index in [4.69, 9.17) is 4.99 Å². The van der Waals surface area contributed by atoms with Gasteiger partial charge in [-0.15, -0.1) is 0 Å². The Hall–Kier alpha value is -4.24. The lowest BCUT2D eigenvalue weighted by Gasteiger charge is -2.25. The van der Waals surface area contributed by atoms with Gasteiger partial charge in [-0.2, -0.15) is 5.10 Å². The van der Waals surface area contributed by atoms with Crippen molar-refractivity contribution in [3.8, 4) is 11.1 Å². The predicted molar refractivity (Wildman–Crippen MR) is 180 cm³/mol. The second kappa shape index (κ2) is 15.5. The Morgan fingerprint density at radius 2 is 1.39 bits per heavy atom. The lowest BCUT2D eigenvalue weighted by Crippen LogP contribution is -2.32. The van der Waals surface area contributed by atoms with Gasteiger partial charge in [0.05, 0.1) is 11.2 Å². The van der Waals surface area contributed by atoms with E-state index in [9.17, 15) is 0 Å². The summed E-state index contributed by atoms with van der Waals surface area (Å²) in [4.78, 5) is 5.48. The zero-order valence-electron chi connectivity index (χ0n) is 25.6. The summed E-state index contributed by atoms with van der Waals surface area (Å²) in [5.74, 6) is 0. The number of aliphatic imine (C=N–C) groups is 1. The Kier molecular flexibility index (Phi) is 11.8. The van der Waals surface area contributed by atoms with Crippen LogP contribution in [0.2, 0.25) is 0 Å². The van der Waals surface area contributed by atoms with Gasteiger partial charge in [0, 0.05) is 23.6 Å². The van der Waals surface area contributed by atoms with Crippen LogP contribution in [0, 0.1) is 0 Å². The van der Waals surface area contributed by atoms with E-state index in [2.05, 4.69) is 154 Å². The minimum Gasteiger partial charge on any atom is -0.301 e. The van der Waals surface area contributed by atoms with E-state index in [-0.39, 0.29) is 5.54 Å². The molecule has 1 N–H and O–H groups in total. The smallest absolute Gasteiger partial charge is 0.0741 e. The molecule has 0 aliphatic heterocycles. The molecule has 0 aromatic heterocycles. The highest BCUT2D eigenvalue weighted by Gasteiger charge is 2.21. The molecule has 0 fully saturated rings. The summed E-state index contributed by atoms with van der Waals surface area (Å²) in [6.45, 7) is 16.3. The number of nitrogens with zero attached hydrogens (tertiary/aromatic N) is 2. The third-order valence-corrected chi connectivity index (χ3v) is 7.11. The first kappa shape index (κ1) is 31.3. The van der Waals surface area contributed by atoms with Crippen LogP contribution >= 0.6 is 0 Å². The molecule has 4 aromatic rings. The van der Waals surface area contributed by atoms with Crippen LogP contribution in [-0.2, 0) is 5.54 Å². The van der Waals surface area contributed by atoms with E-state index in [0.717, 1.165) is 47.4 Å². The molecule has 0 unspecified atom stereocenters. The standard InChI is InChI=1S/C36H39N3.C2H6/c1-6-7-25-34(38-35(29-19-12-9-13-20-29)27(2)28-17-10-8-11-18-28)33-24-15-14-23-32(33)30-21-16-22-31(26-30)36(3,4)39-37-5;1-2/h8-24,26,39H,5-7,25H2,1-4H3;1-2H3/b35-27+,38-34?;. The number of hydrogen-bond acceptors (Lipinski definition) is 3. The van der Waals surface area contributed by atoms with Gasteiger partial charge in [-0.3, -0.25) is 4.99 Å². The van der Waals surface area contributed by atoms with Crippen molar-refractivity contribution in [1.29, 1.82) is 0 Å². The molecule has 0 spiro atoms. The van der Waals surface area contributed by atoms with E-state index in [1.165, 1.54) is 22.3 Å². The van der Waals surface area contributed by atoms with E-state index < -0.39 is 0 Å². The van der Waals surface area contributed by atoms with Crippen molar-refractivity contribution in [3.63, 3.8) is 0 Å². The van der Waals surface area contributed by atoms with E-state index in [1.54, 1.807) is 0 Å². The SMILES string of the molecule is C=NNC(C)(C)c1cccc(-c2ccccc2C(CCCC)=N/C(=C(\C)c2ccccc2)c2ccccc2)c1.CC. The number of rotatable bonds is 11. The van der Waals surface area contributed by atoms with Crippen molar-refractivity contribution >= 4 is 23.7 Å². The van der Waals surface area contributed by atoms with Crippen molar-refractivity contribution in [2.75, 3.05) is 0 Å². The van der Waals surface area contributed by atoms with Crippen LogP contribution in [0.3, 0.4) is 0 Å². The molecule has 0 radical (unpaired) electrons. The molecule has 4 rings (SSSR count). The molecule has 4 aromatic carbocycles. The summed E-state index contributed by atoms with van der Waals surface area (Å²) in [7, 11) is 0. The topological polar surface area (TPSA) is 36.8 Å². The first-order valence-electron chi connectivity index (χ1n) is 14.8. The van der Waals surface area contributed by atoms with Crippen LogP contribution in [-0.4, -0.2) is 12.4 Å². The summed E-state index contributed by atoms with van der Waals surface area (Å²) >= 11 is 0. The first-order chi connectivity index (χ1) is 19.9. The second-order valence-electron chi connectivity index (χ2n) is 10.4. The highest BCUT2D eigenvalue weighted by Crippen LogP contribution is 2.33. The fraction of sp³-hybridized carbons (Fsp3) is 0.263. The van der Waals surface area contributed by atoms with Crippen LogP contribution in [0.5, 0.6) is 0 Å². The maximum atomic E-state index is 5.48. The molecule has 0 aliphatic rings. The summed E-state index contributed by atoms with van der Waals surface area (Å²) in [5.41, 5.74) is 13.1. The average Bonchev–Trinajstić information content (AvgIpc) is 3.03. The van der Waals surface area contributed by atoms with Gasteiger partial charge in [0.15, 0.2) is 0 Å². The Bertz CT molecular complexity index is 1450. The number of hydrogen-bond donors (Lipinski definition) is 1. The van der Waals surface area contributed by atoms with Crippen LogP contribution in [0.1, 0.15) is 83.1 Å². The van der Waals surface area contributed by atoms with Gasteiger partial charge in [0.25, 0.3) is 0 Å². The minimum absolute atomic E-state index is 0.332. The quantitative estimate of drug-likeness (QED) is 0.114.